The number of aryl methyl sites for hydroxylation is 1. The van der Waals surface area contributed by atoms with Crippen molar-refractivity contribution < 1.29 is 4.79 Å². The molecule has 0 unspecified atom stereocenters. The van der Waals surface area contributed by atoms with E-state index in [0.29, 0.717) is 6.54 Å². The third kappa shape index (κ3) is 4.87. The van der Waals surface area contributed by atoms with Gasteiger partial charge in [-0.25, -0.2) is 4.79 Å². The SMILES string of the molecule is Cc1cccc(NC(=O)NC(C)(C)CCN)c1. The third-order valence-corrected chi connectivity index (χ3v) is 2.50. The Morgan fingerprint density at radius 1 is 1.41 bits per heavy atom. The van der Waals surface area contributed by atoms with Crippen LogP contribution >= 0.6 is 0 Å². The molecule has 0 atom stereocenters. The van der Waals surface area contributed by atoms with Crippen molar-refractivity contribution in [3.05, 3.63) is 29.8 Å². The molecule has 2 amide bonds. The summed E-state index contributed by atoms with van der Waals surface area (Å²) in [6.07, 6.45) is 0.744. The Morgan fingerprint density at radius 2 is 2.12 bits per heavy atom. The maximum Gasteiger partial charge on any atom is 0.319 e. The van der Waals surface area contributed by atoms with E-state index < -0.39 is 0 Å². The predicted molar refractivity (Wildman–Crippen MR) is 71.1 cm³/mol. The van der Waals surface area contributed by atoms with Crippen LogP contribution in [-0.4, -0.2) is 18.1 Å². The van der Waals surface area contributed by atoms with Gasteiger partial charge < -0.3 is 16.4 Å². The maximum atomic E-state index is 11.8. The second-order valence-corrected chi connectivity index (χ2v) is 4.87. The van der Waals surface area contributed by atoms with Crippen LogP contribution in [-0.2, 0) is 0 Å². The zero-order chi connectivity index (χ0) is 12.9. The van der Waals surface area contributed by atoms with Crippen LogP contribution in [0, 0.1) is 6.92 Å². The fraction of sp³-hybridized carbons (Fsp3) is 0.462. The Kier molecular flexibility index (Phi) is 4.52. The predicted octanol–water partition coefficient (Wildman–Crippen LogP) is 2.24. The topological polar surface area (TPSA) is 67.2 Å². The molecule has 0 heterocycles. The first-order valence-corrected chi connectivity index (χ1v) is 5.79. The minimum atomic E-state index is -0.289. The number of urea groups is 1. The molecule has 0 aliphatic carbocycles. The van der Waals surface area contributed by atoms with Crippen molar-refractivity contribution in [2.24, 2.45) is 5.73 Å². The van der Waals surface area contributed by atoms with E-state index in [-0.39, 0.29) is 11.6 Å². The molecule has 0 spiro atoms. The van der Waals surface area contributed by atoms with Crippen molar-refractivity contribution in [2.75, 3.05) is 11.9 Å². The number of amides is 2. The van der Waals surface area contributed by atoms with Crippen molar-refractivity contribution in [1.29, 1.82) is 0 Å². The van der Waals surface area contributed by atoms with Gasteiger partial charge in [0.25, 0.3) is 0 Å². The molecule has 0 bridgehead atoms. The lowest BCUT2D eigenvalue weighted by Crippen LogP contribution is -2.46. The molecular weight excluding hydrogens is 214 g/mol. The molecule has 0 radical (unpaired) electrons. The molecule has 4 N–H and O–H groups in total. The molecule has 4 nitrogen and oxygen atoms in total. The molecule has 0 aliphatic rings. The van der Waals surface area contributed by atoms with Crippen LogP contribution in [0.5, 0.6) is 0 Å². The van der Waals surface area contributed by atoms with Crippen LogP contribution < -0.4 is 16.4 Å². The molecular formula is C13H21N3O. The molecule has 4 heteroatoms. The van der Waals surface area contributed by atoms with E-state index in [1.165, 1.54) is 0 Å². The minimum Gasteiger partial charge on any atom is -0.333 e. The van der Waals surface area contributed by atoms with E-state index in [9.17, 15) is 4.79 Å². The van der Waals surface area contributed by atoms with Crippen LogP contribution in [0.25, 0.3) is 0 Å². The number of benzene rings is 1. The molecule has 0 saturated carbocycles. The van der Waals surface area contributed by atoms with Gasteiger partial charge in [0.15, 0.2) is 0 Å². The van der Waals surface area contributed by atoms with Crippen LogP contribution in [0.1, 0.15) is 25.8 Å². The normalized spacial score (nSPS) is 11.1. The van der Waals surface area contributed by atoms with Gasteiger partial charge in [0, 0.05) is 11.2 Å². The van der Waals surface area contributed by atoms with Gasteiger partial charge in [-0.05, 0) is 51.4 Å². The molecule has 17 heavy (non-hydrogen) atoms. The van der Waals surface area contributed by atoms with E-state index in [1.54, 1.807) is 0 Å². The number of hydrogen-bond donors (Lipinski definition) is 3. The molecule has 94 valence electrons. The van der Waals surface area contributed by atoms with Gasteiger partial charge in [-0.15, -0.1) is 0 Å². The number of nitrogens with two attached hydrogens (primary N) is 1. The van der Waals surface area contributed by atoms with Crippen LogP contribution in [0.15, 0.2) is 24.3 Å². The van der Waals surface area contributed by atoms with Crippen molar-refractivity contribution in [1.82, 2.24) is 5.32 Å². The van der Waals surface area contributed by atoms with Crippen molar-refractivity contribution in [3.63, 3.8) is 0 Å². The summed E-state index contributed by atoms with van der Waals surface area (Å²) in [5.41, 5.74) is 7.11. The first-order chi connectivity index (χ1) is 7.93. The Morgan fingerprint density at radius 3 is 2.71 bits per heavy atom. The van der Waals surface area contributed by atoms with Crippen molar-refractivity contribution >= 4 is 11.7 Å². The van der Waals surface area contributed by atoms with Crippen molar-refractivity contribution in [2.45, 2.75) is 32.7 Å². The van der Waals surface area contributed by atoms with E-state index in [1.807, 2.05) is 45.0 Å². The standard InChI is InChI=1S/C13H21N3O/c1-10-5-4-6-11(9-10)15-12(17)16-13(2,3)7-8-14/h4-6,9H,7-8,14H2,1-3H3,(H2,15,16,17). The largest absolute Gasteiger partial charge is 0.333 e. The van der Waals surface area contributed by atoms with Gasteiger partial charge in [0.2, 0.25) is 0 Å². The van der Waals surface area contributed by atoms with E-state index >= 15 is 0 Å². The third-order valence-electron chi connectivity index (χ3n) is 2.50. The smallest absolute Gasteiger partial charge is 0.319 e. The van der Waals surface area contributed by atoms with Gasteiger partial charge in [0.05, 0.1) is 0 Å². The fourth-order valence-corrected chi connectivity index (χ4v) is 1.62. The number of carbonyl (C=O) groups is 1. The maximum absolute atomic E-state index is 11.8. The zero-order valence-corrected chi connectivity index (χ0v) is 10.7. The Hall–Kier alpha value is -1.55. The van der Waals surface area contributed by atoms with Gasteiger partial charge in [-0.1, -0.05) is 12.1 Å². The molecule has 1 aromatic rings. The minimum absolute atomic E-state index is 0.200. The Balaban J connectivity index is 2.55. The summed E-state index contributed by atoms with van der Waals surface area (Å²) in [6.45, 7) is 6.45. The average molecular weight is 235 g/mol. The lowest BCUT2D eigenvalue weighted by atomic mass is 10.0. The summed E-state index contributed by atoms with van der Waals surface area (Å²) < 4.78 is 0. The van der Waals surface area contributed by atoms with Gasteiger partial charge in [-0.2, -0.15) is 0 Å². The Labute approximate surface area is 103 Å². The monoisotopic (exact) mass is 235 g/mol. The number of carbonyl (C=O) groups excluding carboxylic acids is 1. The summed E-state index contributed by atoms with van der Waals surface area (Å²) in [5.74, 6) is 0. The molecule has 1 aromatic carbocycles. The summed E-state index contributed by atoms with van der Waals surface area (Å²) in [4.78, 5) is 11.8. The highest BCUT2D eigenvalue weighted by Crippen LogP contribution is 2.11. The highest BCUT2D eigenvalue weighted by atomic mass is 16.2. The molecule has 0 fully saturated rings. The summed E-state index contributed by atoms with van der Waals surface area (Å²) in [6, 6.07) is 7.49. The molecule has 0 saturated heterocycles. The Bertz CT molecular complexity index is 388. The van der Waals surface area contributed by atoms with Gasteiger partial charge in [-0.3, -0.25) is 0 Å². The lowest BCUT2D eigenvalue weighted by molar-refractivity contribution is 0.240. The van der Waals surface area contributed by atoms with Crippen LogP contribution in [0.2, 0.25) is 0 Å². The highest BCUT2D eigenvalue weighted by molar-refractivity contribution is 5.89. The highest BCUT2D eigenvalue weighted by Gasteiger charge is 2.19. The summed E-state index contributed by atoms with van der Waals surface area (Å²) >= 11 is 0. The van der Waals surface area contributed by atoms with E-state index in [4.69, 9.17) is 5.73 Å². The number of rotatable bonds is 4. The second-order valence-electron chi connectivity index (χ2n) is 4.87. The first-order valence-electron chi connectivity index (χ1n) is 5.79. The number of anilines is 1. The fourth-order valence-electron chi connectivity index (χ4n) is 1.62. The van der Waals surface area contributed by atoms with Gasteiger partial charge >= 0.3 is 6.03 Å². The molecule has 0 aromatic heterocycles. The van der Waals surface area contributed by atoms with Crippen molar-refractivity contribution in [3.8, 4) is 0 Å². The van der Waals surface area contributed by atoms with Crippen LogP contribution in [0.3, 0.4) is 0 Å². The quantitative estimate of drug-likeness (QED) is 0.749. The summed E-state index contributed by atoms with van der Waals surface area (Å²) in [7, 11) is 0. The van der Waals surface area contributed by atoms with Crippen LogP contribution in [0.4, 0.5) is 10.5 Å². The lowest BCUT2D eigenvalue weighted by Gasteiger charge is -2.25. The number of hydrogen-bond acceptors (Lipinski definition) is 2. The number of nitrogens with one attached hydrogen (secondary N) is 2. The molecule has 0 aliphatic heterocycles. The zero-order valence-electron chi connectivity index (χ0n) is 10.7. The first kappa shape index (κ1) is 13.5. The molecule has 1 rings (SSSR count). The van der Waals surface area contributed by atoms with E-state index in [0.717, 1.165) is 17.7 Å². The summed E-state index contributed by atoms with van der Waals surface area (Å²) in [5, 5.41) is 5.70. The second kappa shape index (κ2) is 5.68. The van der Waals surface area contributed by atoms with E-state index in [2.05, 4.69) is 10.6 Å². The van der Waals surface area contributed by atoms with Gasteiger partial charge in [0.1, 0.15) is 0 Å². The average Bonchev–Trinajstić information content (AvgIpc) is 2.15.